The third-order valence-electron chi connectivity index (χ3n) is 5.44. The number of piperidine rings is 1. The Morgan fingerprint density at radius 1 is 1.20 bits per heavy atom. The molecule has 3 heterocycles. The Bertz CT molecular complexity index is 602. The minimum atomic E-state index is -0.107. The van der Waals surface area contributed by atoms with Crippen molar-refractivity contribution in [2.45, 2.75) is 45.4 Å². The van der Waals surface area contributed by atoms with Gasteiger partial charge in [-0.2, -0.15) is 0 Å². The van der Waals surface area contributed by atoms with E-state index in [4.69, 9.17) is 4.74 Å². The summed E-state index contributed by atoms with van der Waals surface area (Å²) < 4.78 is 5.09. The van der Waals surface area contributed by atoms with Crippen LogP contribution >= 0.6 is 0 Å². The largest absolute Gasteiger partial charge is 0.377 e. The van der Waals surface area contributed by atoms with E-state index in [1.165, 1.54) is 26.2 Å². The first-order valence-corrected chi connectivity index (χ1v) is 9.39. The number of methoxy groups -OCH3 is 1. The van der Waals surface area contributed by atoms with Crippen LogP contribution in [-0.4, -0.2) is 78.2 Å². The molecule has 1 N–H and O–H groups in total. The summed E-state index contributed by atoms with van der Waals surface area (Å²) >= 11 is 0. The summed E-state index contributed by atoms with van der Waals surface area (Å²) in [5, 5.41) is 0. The van der Waals surface area contributed by atoms with Gasteiger partial charge in [-0.25, -0.2) is 4.98 Å². The predicted octanol–water partition coefficient (Wildman–Crippen LogP) is 0.911. The van der Waals surface area contributed by atoms with Crippen molar-refractivity contribution in [3.05, 3.63) is 22.2 Å². The summed E-state index contributed by atoms with van der Waals surface area (Å²) in [6, 6.07) is 2.90. The van der Waals surface area contributed by atoms with Crippen molar-refractivity contribution in [1.29, 1.82) is 0 Å². The van der Waals surface area contributed by atoms with Gasteiger partial charge < -0.3 is 14.6 Å². The lowest BCUT2D eigenvalue weighted by atomic mass is 10.0. The zero-order chi connectivity index (χ0) is 17.8. The molecule has 0 atom stereocenters. The van der Waals surface area contributed by atoms with Crippen LogP contribution in [0.5, 0.6) is 0 Å². The molecule has 25 heavy (non-hydrogen) atoms. The monoisotopic (exact) mass is 349 g/mol. The van der Waals surface area contributed by atoms with E-state index in [-0.39, 0.29) is 5.56 Å². The Morgan fingerprint density at radius 3 is 2.48 bits per heavy atom. The highest BCUT2D eigenvalue weighted by atomic mass is 16.5. The Balaban J connectivity index is 1.55. The number of aromatic nitrogens is 2. The first-order chi connectivity index (χ1) is 12.1. The van der Waals surface area contributed by atoms with E-state index in [0.29, 0.717) is 24.5 Å². The van der Waals surface area contributed by atoms with Crippen molar-refractivity contribution in [3.63, 3.8) is 0 Å². The van der Waals surface area contributed by atoms with Crippen LogP contribution in [0.15, 0.2) is 10.9 Å². The molecule has 0 radical (unpaired) electrons. The molecule has 0 saturated carbocycles. The molecule has 2 fully saturated rings. The fourth-order valence-electron chi connectivity index (χ4n) is 3.94. The maximum Gasteiger partial charge on any atom is 0.253 e. The lowest BCUT2D eigenvalue weighted by molar-refractivity contribution is 0.0692. The highest BCUT2D eigenvalue weighted by Crippen LogP contribution is 2.22. The second-order valence-electron chi connectivity index (χ2n) is 7.37. The van der Waals surface area contributed by atoms with Gasteiger partial charge in [-0.1, -0.05) is 0 Å². The molecule has 140 valence electrons. The zero-order valence-corrected chi connectivity index (χ0v) is 15.7. The molecular formula is C18H31N5O2. The van der Waals surface area contributed by atoms with Gasteiger partial charge in [-0.3, -0.25) is 14.6 Å². The second kappa shape index (κ2) is 8.29. The minimum Gasteiger partial charge on any atom is -0.377 e. The van der Waals surface area contributed by atoms with Crippen LogP contribution in [0.2, 0.25) is 0 Å². The molecule has 1 aromatic heterocycles. The standard InChI is InChI=1S/C18H31N5O2/c1-14(2)21-8-10-22(11-9-21)15-4-6-23(7-5-15)17-12-18(24)20-16(19-17)13-25-3/h12,14-15H,4-11,13H2,1-3H3,(H,19,20,24). The molecule has 0 unspecified atom stereocenters. The van der Waals surface area contributed by atoms with Gasteiger partial charge in [0.15, 0.2) is 0 Å². The fraction of sp³-hybridized carbons (Fsp3) is 0.778. The molecule has 0 aliphatic carbocycles. The van der Waals surface area contributed by atoms with E-state index in [0.717, 1.165) is 31.7 Å². The molecule has 0 bridgehead atoms. The zero-order valence-electron chi connectivity index (χ0n) is 15.7. The van der Waals surface area contributed by atoms with Gasteiger partial charge in [-0.15, -0.1) is 0 Å². The predicted molar refractivity (Wildman–Crippen MR) is 99.1 cm³/mol. The van der Waals surface area contributed by atoms with Crippen LogP contribution in [0.1, 0.15) is 32.5 Å². The molecule has 2 aliphatic rings. The van der Waals surface area contributed by atoms with Crippen molar-refractivity contribution < 1.29 is 4.74 Å². The fourth-order valence-corrected chi connectivity index (χ4v) is 3.94. The average Bonchev–Trinajstić information content (AvgIpc) is 2.62. The van der Waals surface area contributed by atoms with Gasteiger partial charge >= 0.3 is 0 Å². The number of nitrogens with zero attached hydrogens (tertiary/aromatic N) is 4. The Kier molecular flexibility index (Phi) is 6.09. The molecule has 3 rings (SSSR count). The Morgan fingerprint density at radius 2 is 1.88 bits per heavy atom. The Labute approximate surface area is 150 Å². The number of rotatable bonds is 5. The van der Waals surface area contributed by atoms with Crippen LogP contribution in [0.4, 0.5) is 5.82 Å². The molecule has 0 amide bonds. The summed E-state index contributed by atoms with van der Waals surface area (Å²) in [5.74, 6) is 1.37. The number of ether oxygens (including phenoxy) is 1. The van der Waals surface area contributed by atoms with Gasteiger partial charge in [-0.05, 0) is 26.7 Å². The van der Waals surface area contributed by atoms with Crippen molar-refractivity contribution in [1.82, 2.24) is 19.8 Å². The summed E-state index contributed by atoms with van der Waals surface area (Å²) in [6.07, 6.45) is 2.27. The van der Waals surface area contributed by atoms with Crippen molar-refractivity contribution in [3.8, 4) is 0 Å². The smallest absolute Gasteiger partial charge is 0.253 e. The van der Waals surface area contributed by atoms with Crippen molar-refractivity contribution in [2.75, 3.05) is 51.3 Å². The maximum atomic E-state index is 11.8. The van der Waals surface area contributed by atoms with E-state index >= 15 is 0 Å². The van der Waals surface area contributed by atoms with Gasteiger partial charge in [0.05, 0.1) is 0 Å². The molecule has 0 spiro atoms. The molecule has 0 aromatic carbocycles. The van der Waals surface area contributed by atoms with Crippen LogP contribution < -0.4 is 10.5 Å². The van der Waals surface area contributed by atoms with E-state index in [1.54, 1.807) is 13.2 Å². The quantitative estimate of drug-likeness (QED) is 0.853. The SMILES string of the molecule is COCc1nc(N2CCC(N3CCN(C(C)C)CC3)CC2)cc(=O)[nH]1. The van der Waals surface area contributed by atoms with Crippen LogP contribution in [0.25, 0.3) is 0 Å². The van der Waals surface area contributed by atoms with Crippen LogP contribution in [0, 0.1) is 0 Å². The second-order valence-corrected chi connectivity index (χ2v) is 7.37. The summed E-state index contributed by atoms with van der Waals surface area (Å²) in [7, 11) is 1.61. The highest BCUT2D eigenvalue weighted by molar-refractivity contribution is 5.38. The van der Waals surface area contributed by atoms with Crippen molar-refractivity contribution in [2.24, 2.45) is 0 Å². The molecule has 7 nitrogen and oxygen atoms in total. The van der Waals surface area contributed by atoms with Gasteiger partial charge in [0.2, 0.25) is 0 Å². The van der Waals surface area contributed by atoms with E-state index in [1.807, 2.05) is 0 Å². The molecule has 2 aliphatic heterocycles. The van der Waals surface area contributed by atoms with Crippen LogP contribution in [-0.2, 0) is 11.3 Å². The van der Waals surface area contributed by atoms with Crippen LogP contribution in [0.3, 0.4) is 0 Å². The third-order valence-corrected chi connectivity index (χ3v) is 5.44. The van der Waals surface area contributed by atoms with Gasteiger partial charge in [0.25, 0.3) is 5.56 Å². The molecule has 7 heteroatoms. The van der Waals surface area contributed by atoms with Crippen molar-refractivity contribution >= 4 is 5.82 Å². The van der Waals surface area contributed by atoms with Gasteiger partial charge in [0.1, 0.15) is 18.2 Å². The average molecular weight is 349 g/mol. The topological polar surface area (TPSA) is 64.7 Å². The summed E-state index contributed by atoms with van der Waals surface area (Å²) in [6.45, 7) is 11.5. The first-order valence-electron chi connectivity index (χ1n) is 9.39. The van der Waals surface area contributed by atoms with Gasteiger partial charge in [0, 0.05) is 64.5 Å². The first kappa shape index (κ1) is 18.4. The number of piperazine rings is 1. The number of H-pyrrole nitrogens is 1. The van der Waals surface area contributed by atoms with E-state index < -0.39 is 0 Å². The third kappa shape index (κ3) is 4.59. The highest BCUT2D eigenvalue weighted by Gasteiger charge is 2.28. The number of anilines is 1. The Hall–Kier alpha value is -1.44. The number of hydrogen-bond acceptors (Lipinski definition) is 6. The number of nitrogens with one attached hydrogen (secondary N) is 1. The lowest BCUT2D eigenvalue weighted by Gasteiger charge is -2.44. The lowest BCUT2D eigenvalue weighted by Crippen LogP contribution is -2.54. The molecule has 2 saturated heterocycles. The summed E-state index contributed by atoms with van der Waals surface area (Å²) in [4.78, 5) is 26.5. The van der Waals surface area contributed by atoms with E-state index in [2.05, 4.69) is 38.5 Å². The normalized spacial score (nSPS) is 21.2. The molecular weight excluding hydrogens is 318 g/mol. The maximum absolute atomic E-state index is 11.8. The molecule has 1 aromatic rings. The number of aromatic amines is 1. The summed E-state index contributed by atoms with van der Waals surface area (Å²) in [5.41, 5.74) is -0.107. The minimum absolute atomic E-state index is 0.107. The number of hydrogen-bond donors (Lipinski definition) is 1. The van der Waals surface area contributed by atoms with E-state index in [9.17, 15) is 4.79 Å².